The number of thiophene rings is 1. The van der Waals surface area contributed by atoms with Crippen LogP contribution in [0.25, 0.3) is 0 Å². The molecule has 0 unspecified atom stereocenters. The number of benzene rings is 1. The summed E-state index contributed by atoms with van der Waals surface area (Å²) in [5.41, 5.74) is 1.93. The number of ether oxygens (including phenoxy) is 1. The minimum Gasteiger partial charge on any atom is -0.465 e. The second-order valence-electron chi connectivity index (χ2n) is 6.83. The van der Waals surface area contributed by atoms with Gasteiger partial charge in [-0.25, -0.2) is 13.2 Å². The highest BCUT2D eigenvalue weighted by Gasteiger charge is 2.27. The Kier molecular flexibility index (Phi) is 6.51. The van der Waals surface area contributed by atoms with Gasteiger partial charge in [-0.15, -0.1) is 11.3 Å². The van der Waals surface area contributed by atoms with Crippen molar-refractivity contribution in [3.63, 3.8) is 0 Å². The molecular weight excluding hydrogens is 398 g/mol. The summed E-state index contributed by atoms with van der Waals surface area (Å²) in [6.45, 7) is 0. The first kappa shape index (κ1) is 20.5. The first-order valence-electron chi connectivity index (χ1n) is 9.16. The van der Waals surface area contributed by atoms with E-state index in [4.69, 9.17) is 4.74 Å². The van der Waals surface area contributed by atoms with Crippen LogP contribution in [0.15, 0.2) is 30.3 Å². The summed E-state index contributed by atoms with van der Waals surface area (Å²) < 4.78 is 29.6. The molecule has 0 bridgehead atoms. The molecule has 0 aliphatic heterocycles. The van der Waals surface area contributed by atoms with Gasteiger partial charge >= 0.3 is 5.97 Å². The lowest BCUT2D eigenvalue weighted by Crippen LogP contribution is -2.24. The summed E-state index contributed by atoms with van der Waals surface area (Å²) in [6.07, 6.45) is 4.73. The van der Waals surface area contributed by atoms with Gasteiger partial charge in [0.1, 0.15) is 10.8 Å². The zero-order valence-corrected chi connectivity index (χ0v) is 17.3. The number of amides is 1. The molecule has 0 fully saturated rings. The molecule has 28 heavy (non-hydrogen) atoms. The Balaban J connectivity index is 1.77. The Morgan fingerprint density at radius 3 is 2.54 bits per heavy atom. The number of carbonyl (C=O) groups excluding carboxylic acids is 2. The van der Waals surface area contributed by atoms with E-state index in [9.17, 15) is 18.0 Å². The van der Waals surface area contributed by atoms with Crippen LogP contribution in [0.4, 0.5) is 5.00 Å². The Bertz CT molecular complexity index is 964. The van der Waals surface area contributed by atoms with E-state index < -0.39 is 27.5 Å². The molecule has 0 spiro atoms. The number of methoxy groups -OCH3 is 1. The van der Waals surface area contributed by atoms with Crippen molar-refractivity contribution in [3.8, 4) is 0 Å². The number of aryl methyl sites for hydroxylation is 1. The number of sulfone groups is 1. The summed E-state index contributed by atoms with van der Waals surface area (Å²) in [7, 11) is -2.32. The van der Waals surface area contributed by atoms with E-state index in [1.54, 1.807) is 30.3 Å². The number of anilines is 1. The predicted octanol–water partition coefficient (Wildman–Crippen LogP) is 3.36. The van der Waals surface area contributed by atoms with Crippen molar-refractivity contribution in [1.29, 1.82) is 0 Å². The summed E-state index contributed by atoms with van der Waals surface area (Å²) >= 11 is 1.35. The molecule has 6 nitrogen and oxygen atoms in total. The number of hydrogen-bond donors (Lipinski definition) is 1. The van der Waals surface area contributed by atoms with Gasteiger partial charge < -0.3 is 10.1 Å². The summed E-state index contributed by atoms with van der Waals surface area (Å²) in [5.74, 6) is -1.98. The topological polar surface area (TPSA) is 89.5 Å². The second-order valence-corrected chi connectivity index (χ2v) is 10.00. The third-order valence-electron chi connectivity index (χ3n) is 4.64. The monoisotopic (exact) mass is 421 g/mol. The Hall–Kier alpha value is -2.19. The van der Waals surface area contributed by atoms with Crippen molar-refractivity contribution < 1.29 is 22.7 Å². The molecule has 0 radical (unpaired) electrons. The van der Waals surface area contributed by atoms with Crippen molar-refractivity contribution in [1.82, 2.24) is 0 Å². The highest BCUT2D eigenvalue weighted by molar-refractivity contribution is 7.91. The quantitative estimate of drug-likeness (QED) is 0.571. The first-order valence-corrected chi connectivity index (χ1v) is 11.8. The van der Waals surface area contributed by atoms with Crippen molar-refractivity contribution in [2.75, 3.05) is 18.2 Å². The summed E-state index contributed by atoms with van der Waals surface area (Å²) in [5, 5.41) is 3.03. The molecule has 3 rings (SSSR count). The van der Waals surface area contributed by atoms with E-state index in [0.717, 1.165) is 42.5 Å². The van der Waals surface area contributed by atoms with E-state index >= 15 is 0 Å². The smallest absolute Gasteiger partial charge is 0.341 e. The van der Waals surface area contributed by atoms with E-state index in [2.05, 4.69) is 5.32 Å². The van der Waals surface area contributed by atoms with Gasteiger partial charge in [-0.2, -0.15) is 0 Å². The van der Waals surface area contributed by atoms with Crippen molar-refractivity contribution in [3.05, 3.63) is 51.9 Å². The largest absolute Gasteiger partial charge is 0.465 e. The Morgan fingerprint density at radius 2 is 1.82 bits per heavy atom. The van der Waals surface area contributed by atoms with Gasteiger partial charge in [-0.05, 0) is 36.8 Å². The number of esters is 1. The van der Waals surface area contributed by atoms with Crippen LogP contribution in [0, 0.1) is 0 Å². The standard InChI is InChI=1S/C20H23NO5S2/c1-26-20(23)18-15-10-6-3-7-11-16(15)27-19(18)21-17(22)13-28(24,25)12-14-8-4-2-5-9-14/h2,4-5,8-9H,3,6-7,10-13H2,1H3,(H,21,22). The lowest BCUT2D eigenvalue weighted by atomic mass is 10.1. The fourth-order valence-electron chi connectivity index (χ4n) is 3.39. The van der Waals surface area contributed by atoms with E-state index in [1.807, 2.05) is 0 Å². The maximum Gasteiger partial charge on any atom is 0.341 e. The molecule has 8 heteroatoms. The van der Waals surface area contributed by atoms with Gasteiger partial charge in [-0.3, -0.25) is 4.79 Å². The molecule has 1 N–H and O–H groups in total. The first-order chi connectivity index (χ1) is 13.4. The van der Waals surface area contributed by atoms with Crippen molar-refractivity contribution in [2.24, 2.45) is 0 Å². The van der Waals surface area contributed by atoms with E-state index in [0.29, 0.717) is 16.1 Å². The number of carbonyl (C=O) groups is 2. The minimum absolute atomic E-state index is 0.202. The van der Waals surface area contributed by atoms with Gasteiger partial charge in [0.2, 0.25) is 5.91 Å². The van der Waals surface area contributed by atoms with E-state index in [-0.39, 0.29) is 5.75 Å². The van der Waals surface area contributed by atoms with Gasteiger partial charge in [0.25, 0.3) is 0 Å². The van der Waals surface area contributed by atoms with Crippen LogP contribution >= 0.6 is 11.3 Å². The molecule has 1 aromatic heterocycles. The summed E-state index contributed by atoms with van der Waals surface area (Å²) in [4.78, 5) is 25.8. The molecule has 1 heterocycles. The SMILES string of the molecule is COC(=O)c1c(NC(=O)CS(=O)(=O)Cc2ccccc2)sc2c1CCCCC2. The van der Waals surface area contributed by atoms with E-state index in [1.165, 1.54) is 18.4 Å². The van der Waals surface area contributed by atoms with Crippen LogP contribution in [0.2, 0.25) is 0 Å². The van der Waals surface area contributed by atoms with Gasteiger partial charge in [0.05, 0.1) is 18.4 Å². The second kappa shape index (κ2) is 8.87. The number of nitrogens with one attached hydrogen (secondary N) is 1. The number of fused-ring (bicyclic) bond motifs is 1. The molecule has 1 aliphatic carbocycles. The average molecular weight is 422 g/mol. The van der Waals surface area contributed by atoms with Crippen LogP contribution in [0.3, 0.4) is 0 Å². The van der Waals surface area contributed by atoms with Crippen LogP contribution < -0.4 is 5.32 Å². The van der Waals surface area contributed by atoms with Crippen LogP contribution in [-0.4, -0.2) is 33.2 Å². The number of rotatable bonds is 6. The molecule has 0 saturated carbocycles. The molecule has 2 aromatic rings. The van der Waals surface area contributed by atoms with Gasteiger partial charge in [-0.1, -0.05) is 36.8 Å². The van der Waals surface area contributed by atoms with Crippen LogP contribution in [-0.2, 0) is 38.0 Å². The lowest BCUT2D eigenvalue weighted by Gasteiger charge is -2.08. The van der Waals surface area contributed by atoms with Crippen LogP contribution in [0.1, 0.15) is 45.6 Å². The Morgan fingerprint density at radius 1 is 1.11 bits per heavy atom. The summed E-state index contributed by atoms with van der Waals surface area (Å²) in [6, 6.07) is 8.73. The molecule has 1 amide bonds. The molecular formula is C20H23NO5S2. The fraction of sp³-hybridized carbons (Fsp3) is 0.400. The maximum absolute atomic E-state index is 12.4. The molecule has 1 aliphatic rings. The fourth-order valence-corrected chi connectivity index (χ4v) is 5.96. The zero-order valence-electron chi connectivity index (χ0n) is 15.7. The number of hydrogen-bond acceptors (Lipinski definition) is 6. The van der Waals surface area contributed by atoms with Gasteiger partial charge in [0, 0.05) is 4.88 Å². The predicted molar refractivity (Wildman–Crippen MR) is 109 cm³/mol. The van der Waals surface area contributed by atoms with Crippen LogP contribution in [0.5, 0.6) is 0 Å². The highest BCUT2D eigenvalue weighted by atomic mass is 32.2. The lowest BCUT2D eigenvalue weighted by molar-refractivity contribution is -0.113. The zero-order chi connectivity index (χ0) is 20.1. The Labute approximate surface area is 168 Å². The third-order valence-corrected chi connectivity index (χ3v) is 7.33. The molecule has 1 aromatic carbocycles. The normalized spacial score (nSPS) is 14.0. The molecule has 0 atom stereocenters. The van der Waals surface area contributed by atoms with Crippen molar-refractivity contribution >= 4 is 38.1 Å². The average Bonchev–Trinajstić information content (AvgIpc) is 2.82. The molecule has 0 saturated heterocycles. The molecule has 150 valence electrons. The maximum atomic E-state index is 12.4. The third kappa shape index (κ3) is 4.99. The minimum atomic E-state index is -3.62. The van der Waals surface area contributed by atoms with Crippen molar-refractivity contribution in [2.45, 2.75) is 37.9 Å². The highest BCUT2D eigenvalue weighted by Crippen LogP contribution is 2.38. The van der Waals surface area contributed by atoms with Gasteiger partial charge in [0.15, 0.2) is 9.84 Å².